The average molecular weight is 369 g/mol. The number of nitrogens with zero attached hydrogens (tertiary/aromatic N) is 1. The molecular formula is C14H13BrN2O3S. The number of rotatable bonds is 3. The van der Waals surface area contributed by atoms with Crippen LogP contribution in [-0.2, 0) is 21.2 Å². The van der Waals surface area contributed by atoms with Gasteiger partial charge in [0.2, 0.25) is 5.91 Å². The zero-order valence-electron chi connectivity index (χ0n) is 11.0. The molecular weight excluding hydrogens is 356 g/mol. The molecule has 0 saturated heterocycles. The molecule has 1 amide bonds. The molecule has 21 heavy (non-hydrogen) atoms. The first-order valence-corrected chi connectivity index (χ1v) is 8.89. The second-order valence-corrected chi connectivity index (χ2v) is 7.73. The van der Waals surface area contributed by atoms with Gasteiger partial charge in [-0.1, -0.05) is 22.0 Å². The Hall–Kier alpha value is -1.60. The summed E-state index contributed by atoms with van der Waals surface area (Å²) in [4.78, 5) is 12.0. The van der Waals surface area contributed by atoms with Gasteiger partial charge in [-0.25, -0.2) is 8.42 Å². The van der Waals surface area contributed by atoms with Gasteiger partial charge in [-0.05, 0) is 24.3 Å². The minimum Gasteiger partial charge on any atom is -0.347 e. The highest BCUT2D eigenvalue weighted by atomic mass is 79.9. The maximum Gasteiger partial charge on any atom is 0.240 e. The van der Waals surface area contributed by atoms with Crippen molar-refractivity contribution in [2.24, 2.45) is 0 Å². The minimum absolute atomic E-state index is 0.0588. The van der Waals surface area contributed by atoms with E-state index in [1.165, 1.54) is 6.08 Å². The molecule has 0 bridgehead atoms. The topological polar surface area (TPSA) is 68.2 Å². The monoisotopic (exact) mass is 368 g/mol. The molecule has 0 radical (unpaired) electrons. The molecule has 3 rings (SSSR count). The lowest BCUT2D eigenvalue weighted by molar-refractivity contribution is -0.121. The molecule has 0 spiro atoms. The highest BCUT2D eigenvalue weighted by molar-refractivity contribution is 9.10. The van der Waals surface area contributed by atoms with Crippen molar-refractivity contribution in [1.29, 1.82) is 0 Å². The summed E-state index contributed by atoms with van der Waals surface area (Å²) in [5.74, 6) is -0.268. The van der Waals surface area contributed by atoms with Gasteiger partial charge in [-0.2, -0.15) is 0 Å². The summed E-state index contributed by atoms with van der Waals surface area (Å²) in [5.41, 5.74) is 0.953. The van der Waals surface area contributed by atoms with Crippen LogP contribution >= 0.6 is 15.9 Å². The van der Waals surface area contributed by atoms with Crippen molar-refractivity contribution in [2.45, 2.75) is 12.6 Å². The van der Waals surface area contributed by atoms with Gasteiger partial charge in [0.25, 0.3) is 0 Å². The van der Waals surface area contributed by atoms with Gasteiger partial charge in [0.05, 0.1) is 11.8 Å². The fourth-order valence-corrected chi connectivity index (χ4v) is 4.12. The Morgan fingerprint density at radius 2 is 2.19 bits per heavy atom. The molecule has 1 aliphatic rings. The van der Waals surface area contributed by atoms with Crippen molar-refractivity contribution >= 4 is 42.6 Å². The fraction of sp³-hybridized carbons (Fsp3) is 0.214. The number of benzene rings is 1. The molecule has 1 atom stereocenters. The van der Waals surface area contributed by atoms with Gasteiger partial charge in [0, 0.05) is 27.0 Å². The van der Waals surface area contributed by atoms with Crippen LogP contribution in [0.3, 0.4) is 0 Å². The third-order valence-electron chi connectivity index (χ3n) is 3.35. The van der Waals surface area contributed by atoms with Gasteiger partial charge in [-0.3, -0.25) is 4.79 Å². The molecule has 0 saturated carbocycles. The molecule has 1 aromatic carbocycles. The van der Waals surface area contributed by atoms with E-state index in [2.05, 4.69) is 21.2 Å². The lowest BCUT2D eigenvalue weighted by Crippen LogP contribution is -2.37. The Labute approximate surface area is 130 Å². The number of hydrogen-bond acceptors (Lipinski definition) is 3. The Bertz CT molecular complexity index is 839. The number of carbonyl (C=O) groups is 1. The maximum atomic E-state index is 12.0. The van der Waals surface area contributed by atoms with Crippen molar-refractivity contribution in [3.05, 3.63) is 46.4 Å². The predicted molar refractivity (Wildman–Crippen MR) is 84.5 cm³/mol. The Kier molecular flexibility index (Phi) is 3.62. The molecule has 1 N–H and O–H groups in total. The van der Waals surface area contributed by atoms with Crippen LogP contribution in [-0.4, -0.2) is 30.7 Å². The summed E-state index contributed by atoms with van der Waals surface area (Å²) in [6.45, 7) is 0.157. The van der Waals surface area contributed by atoms with Crippen LogP contribution in [0.1, 0.15) is 0 Å². The lowest BCUT2D eigenvalue weighted by Gasteiger charge is -2.11. The molecule has 2 aromatic rings. The Morgan fingerprint density at radius 3 is 2.90 bits per heavy atom. The van der Waals surface area contributed by atoms with Crippen molar-refractivity contribution < 1.29 is 13.2 Å². The van der Waals surface area contributed by atoms with Crippen LogP contribution in [0.25, 0.3) is 10.9 Å². The van der Waals surface area contributed by atoms with Crippen LogP contribution in [0.4, 0.5) is 0 Å². The third kappa shape index (κ3) is 3.03. The van der Waals surface area contributed by atoms with Gasteiger partial charge >= 0.3 is 0 Å². The van der Waals surface area contributed by atoms with Crippen LogP contribution < -0.4 is 5.32 Å². The number of hydrogen-bond donors (Lipinski definition) is 1. The van der Waals surface area contributed by atoms with Gasteiger partial charge in [0.15, 0.2) is 9.84 Å². The van der Waals surface area contributed by atoms with Gasteiger partial charge in [0.1, 0.15) is 6.54 Å². The molecule has 2 heterocycles. The molecule has 0 unspecified atom stereocenters. The quantitative estimate of drug-likeness (QED) is 0.898. The van der Waals surface area contributed by atoms with E-state index < -0.39 is 15.9 Å². The van der Waals surface area contributed by atoms with E-state index >= 15 is 0 Å². The predicted octanol–water partition coefficient (Wildman–Crippen LogP) is 1.83. The first-order valence-electron chi connectivity index (χ1n) is 6.38. The SMILES string of the molecule is O=C(Cn1ccc2c(Br)cccc21)N[C@H]1C=CS(=O)(=O)C1. The van der Waals surface area contributed by atoms with E-state index in [1.54, 1.807) is 0 Å². The average Bonchev–Trinajstić information content (AvgIpc) is 2.95. The minimum atomic E-state index is -3.15. The van der Waals surface area contributed by atoms with Crippen LogP contribution in [0.2, 0.25) is 0 Å². The fourth-order valence-electron chi connectivity index (χ4n) is 2.40. The van der Waals surface area contributed by atoms with E-state index in [0.717, 1.165) is 20.8 Å². The van der Waals surface area contributed by atoms with E-state index in [1.807, 2.05) is 35.0 Å². The van der Waals surface area contributed by atoms with E-state index in [4.69, 9.17) is 0 Å². The zero-order chi connectivity index (χ0) is 15.0. The first kappa shape index (κ1) is 14.3. The van der Waals surface area contributed by atoms with E-state index in [9.17, 15) is 13.2 Å². The lowest BCUT2D eigenvalue weighted by atomic mass is 10.2. The molecule has 1 aliphatic heterocycles. The zero-order valence-corrected chi connectivity index (χ0v) is 13.4. The number of sulfone groups is 1. The van der Waals surface area contributed by atoms with Crippen molar-refractivity contribution in [3.8, 4) is 0 Å². The standard InChI is InChI=1S/C14H13BrN2O3S/c15-12-2-1-3-13-11(12)4-6-17(13)8-14(18)16-10-5-7-21(19,20)9-10/h1-7,10H,8-9H2,(H,16,18)/t10-/m0/s1. The highest BCUT2D eigenvalue weighted by Crippen LogP contribution is 2.24. The summed E-state index contributed by atoms with van der Waals surface area (Å²) >= 11 is 3.47. The largest absolute Gasteiger partial charge is 0.347 e. The smallest absolute Gasteiger partial charge is 0.240 e. The molecule has 7 heteroatoms. The molecule has 0 fully saturated rings. The summed E-state index contributed by atoms with van der Waals surface area (Å²) in [7, 11) is -3.15. The van der Waals surface area contributed by atoms with Crippen molar-refractivity contribution in [3.63, 3.8) is 0 Å². The number of nitrogens with one attached hydrogen (secondary N) is 1. The summed E-state index contributed by atoms with van der Waals surface area (Å²) in [6, 6.07) is 7.30. The van der Waals surface area contributed by atoms with E-state index in [0.29, 0.717) is 0 Å². The van der Waals surface area contributed by atoms with Crippen LogP contribution in [0.15, 0.2) is 46.4 Å². The van der Waals surface area contributed by atoms with E-state index in [-0.39, 0.29) is 18.2 Å². The molecule has 1 aromatic heterocycles. The normalized spacial score (nSPS) is 20.0. The van der Waals surface area contributed by atoms with Gasteiger partial charge in [-0.15, -0.1) is 0 Å². The van der Waals surface area contributed by atoms with Gasteiger partial charge < -0.3 is 9.88 Å². The van der Waals surface area contributed by atoms with Crippen LogP contribution in [0.5, 0.6) is 0 Å². The molecule has 5 nitrogen and oxygen atoms in total. The number of fused-ring (bicyclic) bond motifs is 1. The van der Waals surface area contributed by atoms with Crippen molar-refractivity contribution in [1.82, 2.24) is 9.88 Å². The van der Waals surface area contributed by atoms with Crippen LogP contribution in [0, 0.1) is 0 Å². The number of carbonyl (C=O) groups excluding carboxylic acids is 1. The Balaban J connectivity index is 1.73. The maximum absolute atomic E-state index is 12.0. The summed E-state index contributed by atoms with van der Waals surface area (Å²) in [6.07, 6.45) is 3.35. The summed E-state index contributed by atoms with van der Waals surface area (Å²) < 4.78 is 25.4. The second-order valence-electron chi connectivity index (χ2n) is 4.95. The highest BCUT2D eigenvalue weighted by Gasteiger charge is 2.23. The number of amides is 1. The Morgan fingerprint density at radius 1 is 1.38 bits per heavy atom. The third-order valence-corrected chi connectivity index (χ3v) is 5.44. The number of halogens is 1. The molecule has 110 valence electrons. The van der Waals surface area contributed by atoms with Crippen molar-refractivity contribution in [2.75, 3.05) is 5.75 Å². The summed E-state index contributed by atoms with van der Waals surface area (Å²) in [5, 5.41) is 4.90. The second kappa shape index (κ2) is 5.31. The number of aromatic nitrogens is 1. The first-order chi connectivity index (χ1) is 9.94. The molecule has 0 aliphatic carbocycles.